The first kappa shape index (κ1) is 17.5. The van der Waals surface area contributed by atoms with Crippen LogP contribution in [0, 0.1) is 18.8 Å². The van der Waals surface area contributed by atoms with E-state index in [4.69, 9.17) is 16.3 Å². The number of methoxy groups -OCH3 is 1. The van der Waals surface area contributed by atoms with Gasteiger partial charge in [-0.3, -0.25) is 4.79 Å². The molecule has 1 aromatic rings. The van der Waals surface area contributed by atoms with Crippen LogP contribution in [0.4, 0.5) is 0 Å². The van der Waals surface area contributed by atoms with E-state index in [0.717, 1.165) is 12.8 Å². The maximum Gasteiger partial charge on any atom is 0.308 e. The Morgan fingerprint density at radius 3 is 2.54 bits per heavy atom. The van der Waals surface area contributed by atoms with E-state index in [1.54, 1.807) is 13.0 Å². The van der Waals surface area contributed by atoms with Gasteiger partial charge in [-0.15, -0.1) is 0 Å². The van der Waals surface area contributed by atoms with E-state index >= 15 is 0 Å². The van der Waals surface area contributed by atoms with Crippen LogP contribution in [-0.2, 0) is 14.8 Å². The summed E-state index contributed by atoms with van der Waals surface area (Å²) in [4.78, 5) is 11.6. The van der Waals surface area contributed by atoms with Gasteiger partial charge in [-0.05, 0) is 49.8 Å². The number of hydrogen-bond acceptors (Lipinski definition) is 4. The summed E-state index contributed by atoms with van der Waals surface area (Å²) in [6.45, 7) is 1.91. The number of carboxylic acid groups (broad SMARTS) is 1. The van der Waals surface area contributed by atoms with Crippen molar-refractivity contribution in [1.29, 1.82) is 0 Å². The maximum absolute atomic E-state index is 13.2. The smallest absolute Gasteiger partial charge is 0.308 e. The fraction of sp³-hybridized carbons (Fsp3) is 0.562. The van der Waals surface area contributed by atoms with Crippen molar-refractivity contribution in [3.8, 4) is 5.75 Å². The third-order valence-corrected chi connectivity index (χ3v) is 7.20. The SMILES string of the molecule is COc1cc(C)c(S(=O)(=O)N2CC[C@H](C(=O)O)[C@H]2C2CC2)cc1Cl. The lowest BCUT2D eigenvalue weighted by Gasteiger charge is -2.27. The maximum atomic E-state index is 13.2. The van der Waals surface area contributed by atoms with Gasteiger partial charge >= 0.3 is 5.97 Å². The number of halogens is 1. The van der Waals surface area contributed by atoms with Gasteiger partial charge in [0.2, 0.25) is 10.0 Å². The zero-order chi connectivity index (χ0) is 17.6. The number of carboxylic acids is 1. The summed E-state index contributed by atoms with van der Waals surface area (Å²) in [6, 6.07) is 2.52. The lowest BCUT2D eigenvalue weighted by molar-refractivity contribution is -0.142. The Labute approximate surface area is 146 Å². The van der Waals surface area contributed by atoms with Crippen molar-refractivity contribution >= 4 is 27.6 Å². The van der Waals surface area contributed by atoms with E-state index < -0.39 is 28.0 Å². The summed E-state index contributed by atoms with van der Waals surface area (Å²) in [5.74, 6) is -1.01. The molecule has 8 heteroatoms. The van der Waals surface area contributed by atoms with E-state index in [1.165, 1.54) is 17.5 Å². The molecule has 0 unspecified atom stereocenters. The molecule has 2 fully saturated rings. The fourth-order valence-electron chi connectivity index (χ4n) is 3.54. The van der Waals surface area contributed by atoms with Gasteiger partial charge in [-0.25, -0.2) is 8.42 Å². The lowest BCUT2D eigenvalue weighted by Crippen LogP contribution is -2.41. The Hall–Kier alpha value is -1.31. The highest BCUT2D eigenvalue weighted by Gasteiger charge is 2.51. The molecule has 1 heterocycles. The Morgan fingerprint density at radius 1 is 1.33 bits per heavy atom. The third-order valence-electron chi connectivity index (χ3n) is 4.86. The molecule has 1 aliphatic carbocycles. The molecule has 132 valence electrons. The predicted molar refractivity (Wildman–Crippen MR) is 88.9 cm³/mol. The van der Waals surface area contributed by atoms with Gasteiger partial charge in [0.15, 0.2) is 0 Å². The minimum Gasteiger partial charge on any atom is -0.495 e. The molecule has 2 atom stereocenters. The number of rotatable bonds is 5. The molecule has 0 bridgehead atoms. The number of sulfonamides is 1. The molecule has 1 saturated carbocycles. The van der Waals surface area contributed by atoms with Crippen LogP contribution in [0.2, 0.25) is 5.02 Å². The van der Waals surface area contributed by atoms with Gasteiger partial charge in [0.05, 0.1) is 22.9 Å². The summed E-state index contributed by atoms with van der Waals surface area (Å²) in [6.07, 6.45) is 2.10. The largest absolute Gasteiger partial charge is 0.495 e. The average molecular weight is 374 g/mol. The quantitative estimate of drug-likeness (QED) is 0.857. The standard InChI is InChI=1S/C16H20ClNO5S/c1-9-7-13(23-2)12(17)8-14(9)24(21,22)18-6-5-11(16(19)20)15(18)10-3-4-10/h7-8,10-11,15H,3-6H2,1-2H3,(H,19,20)/t11-,15+/m0/s1. The molecule has 0 amide bonds. The summed E-state index contributed by atoms with van der Waals surface area (Å²) >= 11 is 6.10. The molecule has 0 spiro atoms. The molecule has 1 N–H and O–H groups in total. The Bertz CT molecular complexity index is 775. The monoisotopic (exact) mass is 373 g/mol. The van der Waals surface area contributed by atoms with Gasteiger partial charge in [0, 0.05) is 12.6 Å². The summed E-state index contributed by atoms with van der Waals surface area (Å²) in [7, 11) is -2.34. The normalized spacial score (nSPS) is 25.0. The average Bonchev–Trinajstić information content (AvgIpc) is 3.25. The topological polar surface area (TPSA) is 83.9 Å². The highest BCUT2D eigenvalue weighted by Crippen LogP contribution is 2.45. The number of ether oxygens (including phenoxy) is 1. The molecular weight excluding hydrogens is 354 g/mol. The number of aliphatic carboxylic acids is 1. The van der Waals surface area contributed by atoms with E-state index in [0.29, 0.717) is 17.7 Å². The van der Waals surface area contributed by atoms with Crippen molar-refractivity contribution in [3.63, 3.8) is 0 Å². The Kier molecular flexibility index (Phi) is 4.53. The summed E-state index contributed by atoms with van der Waals surface area (Å²) < 4.78 is 32.8. The van der Waals surface area contributed by atoms with Gasteiger partial charge in [0.25, 0.3) is 0 Å². The number of benzene rings is 1. The first-order valence-corrected chi connectivity index (χ1v) is 9.68. The van der Waals surface area contributed by atoms with Crippen LogP contribution >= 0.6 is 11.6 Å². The third kappa shape index (κ3) is 2.89. The number of nitrogens with zero attached hydrogens (tertiary/aromatic N) is 1. The van der Waals surface area contributed by atoms with Crippen LogP contribution in [0.5, 0.6) is 5.75 Å². The molecular formula is C16H20ClNO5S. The Morgan fingerprint density at radius 2 is 2.00 bits per heavy atom. The van der Waals surface area contributed by atoms with Crippen molar-refractivity contribution in [3.05, 3.63) is 22.7 Å². The minimum absolute atomic E-state index is 0.116. The lowest BCUT2D eigenvalue weighted by atomic mass is 9.97. The molecule has 2 aliphatic rings. The first-order chi connectivity index (χ1) is 11.3. The van der Waals surface area contributed by atoms with E-state index in [2.05, 4.69) is 0 Å². The van der Waals surface area contributed by atoms with Gasteiger partial charge in [0.1, 0.15) is 5.75 Å². The van der Waals surface area contributed by atoms with E-state index in [1.807, 2.05) is 0 Å². The molecule has 6 nitrogen and oxygen atoms in total. The van der Waals surface area contributed by atoms with E-state index in [9.17, 15) is 18.3 Å². The van der Waals surface area contributed by atoms with Gasteiger partial charge < -0.3 is 9.84 Å². The number of carbonyl (C=O) groups is 1. The van der Waals surface area contributed by atoms with Crippen molar-refractivity contribution in [2.45, 2.75) is 37.1 Å². The highest BCUT2D eigenvalue weighted by molar-refractivity contribution is 7.89. The van der Waals surface area contributed by atoms with Crippen LogP contribution in [0.1, 0.15) is 24.8 Å². The first-order valence-electron chi connectivity index (χ1n) is 7.86. The second kappa shape index (κ2) is 6.20. The van der Waals surface area contributed by atoms with Gasteiger partial charge in [-0.2, -0.15) is 4.31 Å². The summed E-state index contributed by atoms with van der Waals surface area (Å²) in [5.41, 5.74) is 0.532. The minimum atomic E-state index is -3.81. The van der Waals surface area contributed by atoms with Gasteiger partial charge in [-0.1, -0.05) is 11.6 Å². The molecule has 0 radical (unpaired) electrons. The van der Waals surface area contributed by atoms with E-state index in [-0.39, 0.29) is 22.4 Å². The fourth-order valence-corrected chi connectivity index (χ4v) is 5.81. The molecule has 24 heavy (non-hydrogen) atoms. The van der Waals surface area contributed by atoms with Crippen LogP contribution in [0.25, 0.3) is 0 Å². The predicted octanol–water partition coefficient (Wildman–Crippen LogP) is 2.53. The zero-order valence-electron chi connectivity index (χ0n) is 13.5. The van der Waals surface area contributed by atoms with Crippen LogP contribution < -0.4 is 4.74 Å². The van der Waals surface area contributed by atoms with Crippen molar-refractivity contribution < 1.29 is 23.1 Å². The number of hydrogen-bond donors (Lipinski definition) is 1. The second-order valence-electron chi connectivity index (χ2n) is 6.43. The van der Waals surface area contributed by atoms with Crippen molar-refractivity contribution in [1.82, 2.24) is 4.31 Å². The second-order valence-corrected chi connectivity index (χ2v) is 8.70. The van der Waals surface area contributed by atoms with Crippen molar-refractivity contribution in [2.24, 2.45) is 11.8 Å². The number of aryl methyl sites for hydroxylation is 1. The molecule has 0 aromatic heterocycles. The molecule has 3 rings (SSSR count). The summed E-state index contributed by atoms with van der Waals surface area (Å²) in [5, 5.41) is 9.64. The Balaban J connectivity index is 2.01. The van der Waals surface area contributed by atoms with Crippen LogP contribution in [0.3, 0.4) is 0 Å². The van der Waals surface area contributed by atoms with Crippen molar-refractivity contribution in [2.75, 3.05) is 13.7 Å². The van der Waals surface area contributed by atoms with Crippen LogP contribution in [-0.4, -0.2) is 43.5 Å². The van der Waals surface area contributed by atoms with Crippen LogP contribution in [0.15, 0.2) is 17.0 Å². The molecule has 1 aromatic carbocycles. The molecule has 1 saturated heterocycles. The molecule has 1 aliphatic heterocycles. The highest BCUT2D eigenvalue weighted by atomic mass is 35.5. The zero-order valence-corrected chi connectivity index (χ0v) is 15.1.